The van der Waals surface area contributed by atoms with E-state index in [0.29, 0.717) is 12.3 Å². The molecule has 10 heteroatoms. The van der Waals surface area contributed by atoms with Crippen molar-refractivity contribution in [3.63, 3.8) is 0 Å². The number of hydrogen-bond donors (Lipinski definition) is 1. The maximum absolute atomic E-state index is 11.9. The van der Waals surface area contributed by atoms with E-state index < -0.39 is 16.7 Å². The second-order valence-corrected chi connectivity index (χ2v) is 5.75. The third kappa shape index (κ3) is 4.04. The largest absolute Gasteiger partial charge is 0.433 e. The lowest BCUT2D eigenvalue weighted by Gasteiger charge is -1.99. The molecule has 1 N–H and O–H groups in total. The van der Waals surface area contributed by atoms with Gasteiger partial charge in [0.2, 0.25) is 5.89 Å². The Morgan fingerprint density at radius 2 is 1.96 bits per heavy atom. The number of nitrogens with one attached hydrogen (secondary N) is 1. The number of nitro groups is 1. The van der Waals surface area contributed by atoms with E-state index in [0.717, 1.165) is 16.5 Å². The van der Waals surface area contributed by atoms with Crippen LogP contribution in [-0.2, 0) is 6.42 Å². The molecular weight excluding hydrogens is 348 g/mol. The number of aromatic nitrogens is 2. The second kappa shape index (κ2) is 7.18. The van der Waals surface area contributed by atoms with Crippen LogP contribution in [0.2, 0.25) is 0 Å². The third-order valence-electron chi connectivity index (χ3n) is 3.20. The number of benzene rings is 1. The van der Waals surface area contributed by atoms with Gasteiger partial charge >= 0.3 is 11.9 Å². The van der Waals surface area contributed by atoms with Crippen molar-refractivity contribution >= 4 is 29.6 Å². The highest BCUT2D eigenvalue weighted by Gasteiger charge is 2.19. The standard InChI is InChI=1S/C15H12N4O5S/c1-25-10-4-2-9(3-5-10)8-12-17-18-15(24-12)16-14(20)11-6-7-13(23-11)19(21)22/h2-7H,8H2,1H3,(H,16,18,20). The van der Waals surface area contributed by atoms with Crippen molar-refractivity contribution in [3.8, 4) is 0 Å². The summed E-state index contributed by atoms with van der Waals surface area (Å²) >= 11 is 1.65. The maximum atomic E-state index is 11.9. The lowest BCUT2D eigenvalue weighted by molar-refractivity contribution is -0.402. The molecule has 9 nitrogen and oxygen atoms in total. The fourth-order valence-corrected chi connectivity index (χ4v) is 2.41. The average molecular weight is 360 g/mol. The molecule has 128 valence electrons. The van der Waals surface area contributed by atoms with Gasteiger partial charge in [0, 0.05) is 4.90 Å². The number of carbonyl (C=O) groups excluding carboxylic acids is 1. The lowest BCUT2D eigenvalue weighted by atomic mass is 10.1. The van der Waals surface area contributed by atoms with Gasteiger partial charge < -0.3 is 8.83 Å². The molecule has 0 saturated carbocycles. The molecule has 0 spiro atoms. The van der Waals surface area contributed by atoms with Gasteiger partial charge in [0.25, 0.3) is 5.91 Å². The molecule has 0 aliphatic rings. The summed E-state index contributed by atoms with van der Waals surface area (Å²) in [4.78, 5) is 22.9. The van der Waals surface area contributed by atoms with Crippen LogP contribution in [0.4, 0.5) is 11.9 Å². The van der Waals surface area contributed by atoms with E-state index in [-0.39, 0.29) is 11.8 Å². The van der Waals surface area contributed by atoms with Crippen LogP contribution in [0.1, 0.15) is 22.0 Å². The van der Waals surface area contributed by atoms with Crippen LogP contribution in [0, 0.1) is 10.1 Å². The van der Waals surface area contributed by atoms with Crippen molar-refractivity contribution in [2.45, 2.75) is 11.3 Å². The van der Waals surface area contributed by atoms with E-state index in [1.165, 1.54) is 6.07 Å². The number of nitrogens with zero attached hydrogens (tertiary/aromatic N) is 3. The molecule has 1 aromatic carbocycles. The number of amides is 1. The van der Waals surface area contributed by atoms with Crippen LogP contribution in [0.15, 0.2) is 50.1 Å². The highest BCUT2D eigenvalue weighted by atomic mass is 32.2. The predicted octanol–water partition coefficient (Wildman–Crippen LogP) is 3.14. The number of hydrogen-bond acceptors (Lipinski definition) is 8. The van der Waals surface area contributed by atoms with Gasteiger partial charge in [-0.3, -0.25) is 20.2 Å². The van der Waals surface area contributed by atoms with Crippen molar-refractivity contribution in [2.24, 2.45) is 0 Å². The first kappa shape index (κ1) is 16.7. The maximum Gasteiger partial charge on any atom is 0.433 e. The Balaban J connectivity index is 1.64. The molecular formula is C15H12N4O5S. The number of furan rings is 1. The van der Waals surface area contributed by atoms with Gasteiger partial charge in [-0.15, -0.1) is 16.9 Å². The summed E-state index contributed by atoms with van der Waals surface area (Å²) in [5.41, 5.74) is 0.987. The zero-order chi connectivity index (χ0) is 17.8. The molecule has 3 aromatic rings. The van der Waals surface area contributed by atoms with Gasteiger partial charge in [-0.05, 0) is 30.0 Å². The van der Waals surface area contributed by atoms with E-state index in [4.69, 9.17) is 8.83 Å². The minimum atomic E-state index is -0.732. The monoisotopic (exact) mass is 360 g/mol. The van der Waals surface area contributed by atoms with E-state index in [2.05, 4.69) is 15.5 Å². The molecule has 0 atom stereocenters. The van der Waals surface area contributed by atoms with E-state index in [9.17, 15) is 14.9 Å². The van der Waals surface area contributed by atoms with Crippen molar-refractivity contribution in [3.05, 3.63) is 63.7 Å². The van der Waals surface area contributed by atoms with Gasteiger partial charge in [-0.1, -0.05) is 17.2 Å². The summed E-state index contributed by atoms with van der Waals surface area (Å²) < 4.78 is 10.2. The van der Waals surface area contributed by atoms with Gasteiger partial charge in [0.15, 0.2) is 5.76 Å². The van der Waals surface area contributed by atoms with Crippen LogP contribution >= 0.6 is 11.8 Å². The Morgan fingerprint density at radius 3 is 2.60 bits per heavy atom. The van der Waals surface area contributed by atoms with Crippen molar-refractivity contribution in [2.75, 3.05) is 11.6 Å². The SMILES string of the molecule is CSc1ccc(Cc2nnc(NC(=O)c3ccc([N+](=O)[O-])o3)o2)cc1. The Labute approximate surface area is 145 Å². The van der Waals surface area contributed by atoms with Crippen molar-refractivity contribution in [1.29, 1.82) is 0 Å². The second-order valence-electron chi connectivity index (χ2n) is 4.87. The Kier molecular flexibility index (Phi) is 4.80. The molecule has 0 radical (unpaired) electrons. The quantitative estimate of drug-likeness (QED) is 0.404. The Hall–Kier alpha value is -3.14. The summed E-state index contributed by atoms with van der Waals surface area (Å²) in [5, 5.41) is 20.5. The lowest BCUT2D eigenvalue weighted by Crippen LogP contribution is -2.11. The number of thioether (sulfide) groups is 1. The average Bonchev–Trinajstić information content (AvgIpc) is 3.25. The van der Waals surface area contributed by atoms with Crippen molar-refractivity contribution < 1.29 is 18.6 Å². The van der Waals surface area contributed by atoms with E-state index in [1.807, 2.05) is 30.5 Å². The molecule has 0 bridgehead atoms. The minimum Gasteiger partial charge on any atom is -0.407 e. The summed E-state index contributed by atoms with van der Waals surface area (Å²) in [6.45, 7) is 0. The van der Waals surface area contributed by atoms with Crippen LogP contribution in [0.25, 0.3) is 0 Å². The van der Waals surface area contributed by atoms with Gasteiger partial charge in [0.1, 0.15) is 4.92 Å². The van der Waals surface area contributed by atoms with Crippen LogP contribution in [-0.4, -0.2) is 27.3 Å². The summed E-state index contributed by atoms with van der Waals surface area (Å²) in [5.74, 6) is -1.13. The topological polar surface area (TPSA) is 124 Å². The van der Waals surface area contributed by atoms with Crippen LogP contribution < -0.4 is 5.32 Å². The van der Waals surface area contributed by atoms with E-state index >= 15 is 0 Å². The normalized spacial score (nSPS) is 10.6. The first-order chi connectivity index (χ1) is 12.0. The first-order valence-electron chi connectivity index (χ1n) is 7.06. The Morgan fingerprint density at radius 1 is 1.20 bits per heavy atom. The summed E-state index contributed by atoms with van der Waals surface area (Å²) in [6, 6.07) is 10.1. The van der Waals surface area contributed by atoms with Crippen LogP contribution in [0.3, 0.4) is 0 Å². The fraction of sp³-hybridized carbons (Fsp3) is 0.133. The molecule has 3 rings (SSSR count). The van der Waals surface area contributed by atoms with Gasteiger partial charge in [0.05, 0.1) is 12.5 Å². The van der Waals surface area contributed by atoms with Gasteiger partial charge in [-0.2, -0.15) is 0 Å². The van der Waals surface area contributed by atoms with Gasteiger partial charge in [-0.25, -0.2) is 0 Å². The van der Waals surface area contributed by atoms with Crippen LogP contribution in [0.5, 0.6) is 0 Å². The number of anilines is 1. The molecule has 2 aromatic heterocycles. The molecule has 1 amide bonds. The van der Waals surface area contributed by atoms with Crippen molar-refractivity contribution in [1.82, 2.24) is 10.2 Å². The molecule has 0 saturated heterocycles. The number of carbonyl (C=O) groups is 1. The van der Waals surface area contributed by atoms with E-state index in [1.54, 1.807) is 11.8 Å². The molecule has 0 aliphatic carbocycles. The molecule has 2 heterocycles. The predicted molar refractivity (Wildman–Crippen MR) is 88.6 cm³/mol. The smallest absolute Gasteiger partial charge is 0.407 e. The fourth-order valence-electron chi connectivity index (χ4n) is 2.00. The molecule has 25 heavy (non-hydrogen) atoms. The zero-order valence-corrected chi connectivity index (χ0v) is 13.8. The highest BCUT2D eigenvalue weighted by molar-refractivity contribution is 7.98. The molecule has 0 fully saturated rings. The molecule has 0 unspecified atom stereocenters. The highest BCUT2D eigenvalue weighted by Crippen LogP contribution is 2.19. The number of rotatable bonds is 6. The third-order valence-corrected chi connectivity index (χ3v) is 3.94. The first-order valence-corrected chi connectivity index (χ1v) is 8.28. The summed E-state index contributed by atoms with van der Waals surface area (Å²) in [6.07, 6.45) is 2.42. The summed E-state index contributed by atoms with van der Waals surface area (Å²) in [7, 11) is 0. The molecule has 0 aliphatic heterocycles. The minimum absolute atomic E-state index is 0.111. The Bertz CT molecular complexity index is 903. The zero-order valence-electron chi connectivity index (χ0n) is 13.0.